The number of halogens is 1. The van der Waals surface area contributed by atoms with Gasteiger partial charge in [0.05, 0.1) is 4.90 Å². The van der Waals surface area contributed by atoms with Crippen LogP contribution in [0.25, 0.3) is 0 Å². The fourth-order valence-corrected chi connectivity index (χ4v) is 3.91. The molecule has 0 radical (unpaired) electrons. The SMILES string of the molecule is O=C(NCc1ccncc1)Nc1ccc(S(=O)(=O)NCc2ccccc2Br)cc1. The number of aromatic nitrogens is 1. The lowest BCUT2D eigenvalue weighted by molar-refractivity contribution is 0.251. The highest BCUT2D eigenvalue weighted by Gasteiger charge is 2.14. The average Bonchev–Trinajstić information content (AvgIpc) is 2.73. The predicted molar refractivity (Wildman–Crippen MR) is 115 cm³/mol. The van der Waals surface area contributed by atoms with E-state index in [1.54, 1.807) is 36.7 Å². The molecule has 2 amide bonds. The molecule has 3 N–H and O–H groups in total. The number of benzene rings is 2. The minimum atomic E-state index is -3.67. The van der Waals surface area contributed by atoms with Gasteiger partial charge < -0.3 is 10.6 Å². The summed E-state index contributed by atoms with van der Waals surface area (Å²) >= 11 is 3.40. The lowest BCUT2D eigenvalue weighted by atomic mass is 10.2. The second-order valence-electron chi connectivity index (χ2n) is 6.10. The maximum atomic E-state index is 12.5. The van der Waals surface area contributed by atoms with Gasteiger partial charge >= 0.3 is 6.03 Å². The van der Waals surface area contributed by atoms with Crippen molar-refractivity contribution < 1.29 is 13.2 Å². The summed E-state index contributed by atoms with van der Waals surface area (Å²) in [5.41, 5.74) is 2.25. The van der Waals surface area contributed by atoms with E-state index in [9.17, 15) is 13.2 Å². The predicted octanol–water partition coefficient (Wildman–Crippen LogP) is 3.64. The summed E-state index contributed by atoms with van der Waals surface area (Å²) in [6.45, 7) is 0.529. The Balaban J connectivity index is 1.56. The number of nitrogens with one attached hydrogen (secondary N) is 3. The van der Waals surface area contributed by atoms with Crippen molar-refractivity contribution in [2.45, 2.75) is 18.0 Å². The number of sulfonamides is 1. The van der Waals surface area contributed by atoms with E-state index in [4.69, 9.17) is 0 Å². The minimum absolute atomic E-state index is 0.118. The Kier molecular flexibility index (Phi) is 6.97. The first-order chi connectivity index (χ1) is 13.9. The molecule has 0 aliphatic heterocycles. The van der Waals surface area contributed by atoms with Crippen molar-refractivity contribution in [2.24, 2.45) is 0 Å². The standard InChI is InChI=1S/C20H19BrN4O3S/c21-19-4-2-1-3-16(19)14-24-29(27,28)18-7-5-17(6-8-18)25-20(26)23-13-15-9-11-22-12-10-15/h1-12,24H,13-14H2,(H2,23,25,26). The number of carbonyl (C=O) groups excluding carboxylic acids is 1. The fraction of sp³-hybridized carbons (Fsp3) is 0.100. The van der Waals surface area contributed by atoms with E-state index >= 15 is 0 Å². The van der Waals surface area contributed by atoms with E-state index in [1.807, 2.05) is 24.3 Å². The number of urea groups is 1. The number of rotatable bonds is 7. The van der Waals surface area contributed by atoms with E-state index in [2.05, 4.69) is 36.3 Å². The van der Waals surface area contributed by atoms with Crippen LogP contribution in [0.3, 0.4) is 0 Å². The van der Waals surface area contributed by atoms with Gasteiger partial charge in [0.15, 0.2) is 0 Å². The molecule has 1 aromatic heterocycles. The number of hydrogen-bond donors (Lipinski definition) is 3. The van der Waals surface area contributed by atoms with Gasteiger partial charge in [0.1, 0.15) is 0 Å². The van der Waals surface area contributed by atoms with E-state index in [1.165, 1.54) is 12.1 Å². The maximum absolute atomic E-state index is 12.5. The van der Waals surface area contributed by atoms with E-state index in [-0.39, 0.29) is 17.5 Å². The summed E-state index contributed by atoms with van der Waals surface area (Å²) < 4.78 is 28.4. The van der Waals surface area contributed by atoms with Crippen LogP contribution in [0.15, 0.2) is 82.4 Å². The van der Waals surface area contributed by atoms with E-state index in [0.717, 1.165) is 15.6 Å². The molecular formula is C20H19BrN4O3S. The third-order valence-electron chi connectivity index (χ3n) is 4.04. The maximum Gasteiger partial charge on any atom is 0.319 e. The third kappa shape index (κ3) is 6.11. The lowest BCUT2D eigenvalue weighted by Gasteiger charge is -2.10. The van der Waals surface area contributed by atoms with Gasteiger partial charge in [-0.15, -0.1) is 0 Å². The molecule has 1 heterocycles. The smallest absolute Gasteiger partial charge is 0.319 e. The molecule has 9 heteroatoms. The molecular weight excluding hydrogens is 456 g/mol. The van der Waals surface area contributed by atoms with Gasteiger partial charge in [-0.2, -0.15) is 0 Å². The Morgan fingerprint density at radius 2 is 1.62 bits per heavy atom. The van der Waals surface area contributed by atoms with Crippen molar-refractivity contribution in [3.8, 4) is 0 Å². The molecule has 0 atom stereocenters. The Hall–Kier alpha value is -2.75. The average molecular weight is 475 g/mol. The molecule has 29 heavy (non-hydrogen) atoms. The molecule has 0 aliphatic carbocycles. The van der Waals surface area contributed by atoms with Crippen LogP contribution in [0, 0.1) is 0 Å². The van der Waals surface area contributed by atoms with E-state index < -0.39 is 10.0 Å². The molecule has 0 saturated carbocycles. The Labute approximate surface area is 177 Å². The quantitative estimate of drug-likeness (QED) is 0.486. The number of anilines is 1. The first-order valence-corrected chi connectivity index (χ1v) is 11.0. The summed E-state index contributed by atoms with van der Waals surface area (Å²) in [4.78, 5) is 16.0. The summed E-state index contributed by atoms with van der Waals surface area (Å²) in [6, 6.07) is 16.6. The van der Waals surface area contributed by atoms with Crippen molar-refractivity contribution in [1.29, 1.82) is 0 Å². The zero-order valence-corrected chi connectivity index (χ0v) is 17.7. The highest BCUT2D eigenvalue weighted by molar-refractivity contribution is 9.10. The Morgan fingerprint density at radius 3 is 2.31 bits per heavy atom. The first kappa shape index (κ1) is 21.0. The van der Waals surface area contributed by atoms with Crippen LogP contribution in [0.4, 0.5) is 10.5 Å². The number of amides is 2. The van der Waals surface area contributed by atoms with Crippen LogP contribution in [0.5, 0.6) is 0 Å². The Morgan fingerprint density at radius 1 is 0.931 bits per heavy atom. The number of pyridine rings is 1. The van der Waals surface area contributed by atoms with Crippen molar-refractivity contribution >= 4 is 37.7 Å². The van der Waals surface area contributed by atoms with Crippen molar-refractivity contribution in [1.82, 2.24) is 15.0 Å². The van der Waals surface area contributed by atoms with Crippen LogP contribution in [-0.4, -0.2) is 19.4 Å². The molecule has 0 unspecified atom stereocenters. The first-order valence-electron chi connectivity index (χ1n) is 8.71. The van der Waals surface area contributed by atoms with Gasteiger partial charge in [-0.3, -0.25) is 4.98 Å². The van der Waals surface area contributed by atoms with Crippen LogP contribution in [-0.2, 0) is 23.1 Å². The highest BCUT2D eigenvalue weighted by Crippen LogP contribution is 2.18. The van der Waals surface area contributed by atoms with Gasteiger partial charge in [-0.25, -0.2) is 17.9 Å². The van der Waals surface area contributed by atoms with Crippen LogP contribution in [0.2, 0.25) is 0 Å². The van der Waals surface area contributed by atoms with Gasteiger partial charge in [0, 0.05) is 35.6 Å². The molecule has 7 nitrogen and oxygen atoms in total. The van der Waals surface area contributed by atoms with Crippen LogP contribution in [0.1, 0.15) is 11.1 Å². The van der Waals surface area contributed by atoms with Gasteiger partial charge in [-0.05, 0) is 53.6 Å². The lowest BCUT2D eigenvalue weighted by Crippen LogP contribution is -2.28. The molecule has 3 aromatic rings. The summed E-state index contributed by atoms with van der Waals surface area (Å²) in [5.74, 6) is 0. The minimum Gasteiger partial charge on any atom is -0.334 e. The molecule has 0 aliphatic rings. The van der Waals surface area contributed by atoms with Crippen molar-refractivity contribution in [3.05, 3.63) is 88.7 Å². The largest absolute Gasteiger partial charge is 0.334 e. The van der Waals surface area contributed by atoms with Crippen LogP contribution >= 0.6 is 15.9 Å². The second-order valence-corrected chi connectivity index (χ2v) is 8.72. The summed E-state index contributed by atoms with van der Waals surface area (Å²) in [5, 5.41) is 5.39. The third-order valence-corrected chi connectivity index (χ3v) is 6.23. The summed E-state index contributed by atoms with van der Waals surface area (Å²) in [6.07, 6.45) is 3.30. The number of hydrogen-bond acceptors (Lipinski definition) is 4. The molecule has 2 aromatic carbocycles. The summed E-state index contributed by atoms with van der Waals surface area (Å²) in [7, 11) is -3.67. The monoisotopic (exact) mass is 474 g/mol. The van der Waals surface area contributed by atoms with E-state index in [0.29, 0.717) is 12.2 Å². The molecule has 3 rings (SSSR count). The zero-order chi connectivity index (χ0) is 20.7. The van der Waals surface area contributed by atoms with Crippen molar-refractivity contribution in [3.63, 3.8) is 0 Å². The molecule has 0 fully saturated rings. The zero-order valence-electron chi connectivity index (χ0n) is 15.3. The molecule has 0 spiro atoms. The fourth-order valence-electron chi connectivity index (χ4n) is 2.47. The van der Waals surface area contributed by atoms with Gasteiger partial charge in [0.25, 0.3) is 0 Å². The molecule has 150 valence electrons. The van der Waals surface area contributed by atoms with Crippen molar-refractivity contribution in [2.75, 3.05) is 5.32 Å². The van der Waals surface area contributed by atoms with Gasteiger partial charge in [-0.1, -0.05) is 34.1 Å². The number of carbonyl (C=O) groups is 1. The highest BCUT2D eigenvalue weighted by atomic mass is 79.9. The molecule has 0 saturated heterocycles. The van der Waals surface area contributed by atoms with Gasteiger partial charge in [0.2, 0.25) is 10.0 Å². The topological polar surface area (TPSA) is 100 Å². The Bertz CT molecular complexity index is 1070. The molecule has 0 bridgehead atoms. The second kappa shape index (κ2) is 9.64. The van der Waals surface area contributed by atoms with Crippen LogP contribution < -0.4 is 15.4 Å². The number of nitrogens with zero attached hydrogens (tertiary/aromatic N) is 1. The normalized spacial score (nSPS) is 11.1.